The molecular weight excluding hydrogens is 1100 g/mol. The van der Waals surface area contributed by atoms with E-state index in [1.807, 2.05) is 18.2 Å². The van der Waals surface area contributed by atoms with Crippen LogP contribution in [0.3, 0.4) is 0 Å². The first-order valence-corrected chi connectivity index (χ1v) is 36.1. The van der Waals surface area contributed by atoms with Crippen molar-refractivity contribution in [3.05, 3.63) is 103 Å². The molecule has 18 rings (SSSR count). The highest BCUT2D eigenvalue weighted by molar-refractivity contribution is 7.48. The number of hydrogen-bond donors (Lipinski definition) is 0. The predicted molar refractivity (Wildman–Crippen MR) is 319 cm³/mol. The van der Waals surface area contributed by atoms with Crippen LogP contribution in [-0.2, 0) is 32.3 Å². The van der Waals surface area contributed by atoms with Crippen molar-refractivity contribution in [1.29, 1.82) is 0 Å². The van der Waals surface area contributed by atoms with Crippen molar-refractivity contribution in [3.8, 4) is 0 Å². The summed E-state index contributed by atoms with van der Waals surface area (Å²) in [5.41, 5.74) is 2.61. The minimum atomic E-state index is -4.06. The van der Waals surface area contributed by atoms with E-state index in [0.29, 0.717) is 71.0 Å². The van der Waals surface area contributed by atoms with Crippen LogP contribution in [0.1, 0.15) is 230 Å². The Morgan fingerprint density at radius 3 is 0.953 bits per heavy atom. The minimum absolute atomic E-state index is 0.00302. The van der Waals surface area contributed by atoms with Gasteiger partial charge in [-0.15, -0.1) is 0 Å². The third kappa shape index (κ3) is 7.24. The number of epoxide rings is 3. The van der Waals surface area contributed by atoms with E-state index < -0.39 is 7.82 Å². The van der Waals surface area contributed by atoms with Crippen molar-refractivity contribution >= 4 is 7.82 Å². The quantitative estimate of drug-likeness (QED) is 0.146. The first kappa shape index (κ1) is 55.7. The highest BCUT2D eigenvalue weighted by Gasteiger charge is 2.84. The van der Waals surface area contributed by atoms with Crippen molar-refractivity contribution in [2.24, 2.45) is 85.8 Å². The van der Waals surface area contributed by atoms with Crippen LogP contribution < -0.4 is 16.9 Å². The zero-order valence-electron chi connectivity index (χ0n) is 51.8. The fourth-order valence-corrected chi connectivity index (χ4v) is 28.9. The highest BCUT2D eigenvalue weighted by atomic mass is 31.2. The van der Waals surface area contributed by atoms with E-state index in [4.69, 9.17) is 41.0 Å². The Balaban J connectivity index is 0.587. The van der Waals surface area contributed by atoms with E-state index in [1.54, 1.807) is 37.0 Å². The molecule has 0 N–H and O–H groups in total. The molecule has 6 heterocycles. The summed E-state index contributed by atoms with van der Waals surface area (Å²) in [7, 11) is -4.06. The second-order valence-corrected chi connectivity index (χ2v) is 35.1. The van der Waals surface area contributed by atoms with Crippen LogP contribution in [0.15, 0.2) is 82.8 Å². The third-order valence-corrected chi connectivity index (χ3v) is 33.0. The molecule has 3 aromatic heterocycles. The monoisotopic (exact) mass is 1200 g/mol. The molecule has 3 saturated heterocycles. The third-order valence-electron chi connectivity index (χ3n) is 31.3. The Labute approximate surface area is 506 Å². The molecule has 464 valence electrons. The minimum Gasteiger partial charge on any atom is -0.431 e. The number of hydrogen-bond acceptors (Lipinski definition) is 13. The SMILES string of the molecule is CC12CCC(OP(=O)(OC3CCC4(C)C(CCC5C4CCC4(C)C(c6ccc(=O)oc6)CC6OC654)C3)OC3CCC4(C)C(CCC5C4CCC4(C)C(c6ccc(=O)oc6)CC6OC654)C3)CC1CCC1C2CCC2(C)C(c3ccc(=O)oc3)CC3OC312. The lowest BCUT2D eigenvalue weighted by atomic mass is 9.44. The van der Waals surface area contributed by atoms with Gasteiger partial charge in [0.15, 0.2) is 0 Å². The molecule has 15 aliphatic rings. The molecule has 15 fully saturated rings. The van der Waals surface area contributed by atoms with Gasteiger partial charge in [-0.1, -0.05) is 41.5 Å². The smallest absolute Gasteiger partial charge is 0.431 e. The predicted octanol–water partition coefficient (Wildman–Crippen LogP) is 15.0. The van der Waals surface area contributed by atoms with E-state index in [2.05, 4.69) is 41.5 Å². The lowest BCUT2D eigenvalue weighted by Crippen LogP contribution is -2.58. The summed E-state index contributed by atoms with van der Waals surface area (Å²) in [5.74, 6) is 5.51. The topological polar surface area (TPSA) is 173 Å². The maximum absolute atomic E-state index is 16.4. The van der Waals surface area contributed by atoms with Crippen LogP contribution in [0.2, 0.25) is 0 Å². The molecule has 12 aliphatic carbocycles. The Morgan fingerprint density at radius 1 is 0.372 bits per heavy atom. The van der Waals surface area contributed by atoms with Crippen molar-refractivity contribution in [2.75, 3.05) is 0 Å². The standard InChI is InChI=1S/C72H93O13P/c1-64-25-19-46(31-43(64)10-13-52-49(64)22-28-67(4)55(34-58-70(52,67)80-58)40-7-16-61(73)77-37-40)83-86(76,84-47-20-26-65(2)44(32-47)11-14-53-50(65)23-29-68(5)56(35-59-71(53,68)81-59)41-8-17-62(74)78-38-41)85-48-21-27-66(3)45(33-48)12-15-54-51(66)24-30-69(6)57(36-60-72(54,69)82-60)42-9-18-63(75)79-39-42/h7-9,16-18,37-39,43-60H,10-15,19-36H2,1-6H3. The average Bonchev–Trinajstić information content (AvgIpc) is 1.50. The van der Waals surface area contributed by atoms with Crippen LogP contribution in [0.4, 0.5) is 0 Å². The fraction of sp³-hybridized carbons (Fsp3) is 0.792. The summed E-state index contributed by atoms with van der Waals surface area (Å²) in [5, 5.41) is 0. The molecule has 12 saturated carbocycles. The van der Waals surface area contributed by atoms with Crippen molar-refractivity contribution in [3.63, 3.8) is 0 Å². The van der Waals surface area contributed by atoms with Gasteiger partial charge in [-0.25, -0.2) is 18.9 Å². The van der Waals surface area contributed by atoms with Crippen LogP contribution in [0, 0.1) is 85.8 Å². The lowest BCUT2D eigenvalue weighted by Gasteiger charge is -2.61. The summed E-state index contributed by atoms with van der Waals surface area (Å²) >= 11 is 0. The van der Waals surface area contributed by atoms with Crippen LogP contribution in [0.5, 0.6) is 0 Å². The molecular formula is C72H93O13P. The fourth-order valence-electron chi connectivity index (χ4n) is 27.1. The molecule has 14 heteroatoms. The second kappa shape index (κ2) is 18.3. The highest BCUT2D eigenvalue weighted by Crippen LogP contribution is 2.82. The van der Waals surface area contributed by atoms with Gasteiger partial charge >= 0.3 is 24.7 Å². The van der Waals surface area contributed by atoms with Gasteiger partial charge in [0.25, 0.3) is 0 Å². The average molecular weight is 1200 g/mol. The van der Waals surface area contributed by atoms with E-state index in [1.165, 1.54) is 19.3 Å². The summed E-state index contributed by atoms with van der Waals surface area (Å²) in [4.78, 5) is 36.1. The van der Waals surface area contributed by atoms with E-state index in [0.717, 1.165) is 152 Å². The molecule has 0 radical (unpaired) electrons. The Bertz CT molecular complexity index is 3090. The maximum Gasteiger partial charge on any atom is 0.475 e. The van der Waals surface area contributed by atoms with Gasteiger partial charge in [-0.3, -0.25) is 13.6 Å². The van der Waals surface area contributed by atoms with Gasteiger partial charge in [0.1, 0.15) is 16.8 Å². The van der Waals surface area contributed by atoms with Gasteiger partial charge in [0.05, 0.1) is 55.4 Å². The Morgan fingerprint density at radius 2 is 0.674 bits per heavy atom. The first-order valence-electron chi connectivity index (χ1n) is 34.7. The summed E-state index contributed by atoms with van der Waals surface area (Å²) in [6.07, 6.45) is 30.2. The maximum atomic E-state index is 16.4. The van der Waals surface area contributed by atoms with E-state index in [9.17, 15) is 14.4 Å². The van der Waals surface area contributed by atoms with Crippen molar-refractivity contribution in [1.82, 2.24) is 0 Å². The van der Waals surface area contributed by atoms with E-state index >= 15 is 4.57 Å². The molecule has 86 heavy (non-hydrogen) atoms. The summed E-state index contributed by atoms with van der Waals surface area (Å²) < 4.78 is 75.3. The summed E-state index contributed by atoms with van der Waals surface area (Å²) in [6, 6.07) is 10.8. The van der Waals surface area contributed by atoms with Gasteiger partial charge in [0, 0.05) is 34.4 Å². The van der Waals surface area contributed by atoms with Gasteiger partial charge < -0.3 is 27.5 Å². The largest absolute Gasteiger partial charge is 0.475 e. The number of fused-ring (bicyclic) bond motifs is 9. The normalized spacial score (nSPS) is 54.4. The number of phosphoric ester groups is 1. The molecule has 3 spiro atoms. The Hall–Kier alpha value is -3.16. The molecule has 0 aromatic carbocycles. The zero-order chi connectivity index (χ0) is 58.6. The molecule has 3 aliphatic heterocycles. The molecule has 27 unspecified atom stereocenters. The number of ether oxygens (including phenoxy) is 3. The van der Waals surface area contributed by atoms with E-state index in [-0.39, 0.29) is 103 Å². The molecule has 13 nitrogen and oxygen atoms in total. The van der Waals surface area contributed by atoms with Crippen molar-refractivity contribution in [2.45, 2.75) is 267 Å². The summed E-state index contributed by atoms with van der Waals surface area (Å²) in [6.45, 7) is 15.2. The Kier molecular flexibility index (Phi) is 11.9. The molecule has 3 aromatic rings. The zero-order valence-corrected chi connectivity index (χ0v) is 52.7. The van der Waals surface area contributed by atoms with Crippen LogP contribution >= 0.6 is 7.82 Å². The van der Waals surface area contributed by atoms with Gasteiger partial charge in [-0.05, 0) is 276 Å². The molecule has 0 amide bonds. The number of phosphoric acid groups is 1. The van der Waals surface area contributed by atoms with Gasteiger partial charge in [0.2, 0.25) is 0 Å². The molecule has 0 bridgehead atoms. The van der Waals surface area contributed by atoms with Crippen LogP contribution in [-0.4, -0.2) is 53.4 Å². The first-order chi connectivity index (χ1) is 41.2. The lowest BCUT2D eigenvalue weighted by molar-refractivity contribution is -0.149. The van der Waals surface area contributed by atoms with Crippen molar-refractivity contribution < 1.29 is 45.6 Å². The van der Waals surface area contributed by atoms with Gasteiger partial charge in [-0.2, -0.15) is 0 Å². The number of rotatable bonds is 9. The van der Waals surface area contributed by atoms with Crippen LogP contribution in [0.25, 0.3) is 0 Å². The molecule has 27 atom stereocenters. The second-order valence-electron chi connectivity index (χ2n) is 33.5.